The lowest BCUT2D eigenvalue weighted by atomic mass is 10.0. The second-order valence-corrected chi connectivity index (χ2v) is 9.93. The molecule has 0 aliphatic heterocycles. The van der Waals surface area contributed by atoms with Crippen molar-refractivity contribution in [3.8, 4) is 11.1 Å². The van der Waals surface area contributed by atoms with E-state index in [9.17, 15) is 4.79 Å². The summed E-state index contributed by atoms with van der Waals surface area (Å²) >= 11 is 0. The summed E-state index contributed by atoms with van der Waals surface area (Å²) in [6.07, 6.45) is 4.51. The van der Waals surface area contributed by atoms with Crippen molar-refractivity contribution in [2.24, 2.45) is 7.05 Å². The molecule has 0 atom stereocenters. The number of rotatable bonds is 7. The van der Waals surface area contributed by atoms with Crippen molar-refractivity contribution in [2.75, 3.05) is 5.32 Å². The third kappa shape index (κ3) is 4.50. The molecule has 2 saturated carbocycles. The van der Waals surface area contributed by atoms with Crippen LogP contribution in [0.5, 0.6) is 0 Å². The molecule has 2 heterocycles. The minimum absolute atomic E-state index is 0.0509. The molecular formula is C28H30N6O. The SMILES string of the molecule is Cc1cc(C(=O)N(Cc2cccc(-c3ccc4nc(C)nc(NC5CC5)c4c3)c2)C2CC2)n(C)n1. The molecule has 2 aliphatic rings. The Kier molecular flexibility index (Phi) is 5.28. The van der Waals surface area contributed by atoms with Crippen LogP contribution in [0.3, 0.4) is 0 Å². The summed E-state index contributed by atoms with van der Waals surface area (Å²) in [5.41, 5.74) is 5.83. The number of nitrogens with one attached hydrogen (secondary N) is 1. The average Bonchev–Trinajstić information content (AvgIpc) is 3.77. The van der Waals surface area contributed by atoms with E-state index in [1.165, 1.54) is 12.8 Å². The first-order chi connectivity index (χ1) is 16.9. The number of fused-ring (bicyclic) bond motifs is 1. The first kappa shape index (κ1) is 21.8. The Labute approximate surface area is 205 Å². The van der Waals surface area contributed by atoms with E-state index in [1.54, 1.807) is 4.68 Å². The lowest BCUT2D eigenvalue weighted by Crippen LogP contribution is -2.33. The highest BCUT2D eigenvalue weighted by Crippen LogP contribution is 2.33. The van der Waals surface area contributed by atoms with Crippen molar-refractivity contribution in [3.05, 3.63) is 71.3 Å². The molecular weight excluding hydrogens is 436 g/mol. The van der Waals surface area contributed by atoms with Crippen molar-refractivity contribution >= 4 is 22.6 Å². The number of hydrogen-bond donors (Lipinski definition) is 1. The zero-order valence-corrected chi connectivity index (χ0v) is 20.5. The van der Waals surface area contributed by atoms with E-state index >= 15 is 0 Å². The molecule has 6 rings (SSSR count). The van der Waals surface area contributed by atoms with Gasteiger partial charge in [0, 0.05) is 31.1 Å². The number of aromatic nitrogens is 4. The number of carbonyl (C=O) groups is 1. The second-order valence-electron chi connectivity index (χ2n) is 9.93. The maximum Gasteiger partial charge on any atom is 0.272 e. The molecule has 1 amide bonds. The fourth-order valence-electron chi connectivity index (χ4n) is 4.71. The van der Waals surface area contributed by atoms with Crippen LogP contribution in [0.15, 0.2) is 48.5 Å². The highest BCUT2D eigenvalue weighted by molar-refractivity contribution is 5.94. The number of hydrogen-bond acceptors (Lipinski definition) is 5. The van der Waals surface area contributed by atoms with Gasteiger partial charge in [-0.3, -0.25) is 9.48 Å². The van der Waals surface area contributed by atoms with Gasteiger partial charge >= 0.3 is 0 Å². The molecule has 2 aromatic carbocycles. The van der Waals surface area contributed by atoms with Crippen LogP contribution in [0.1, 0.15) is 53.3 Å². The zero-order chi connectivity index (χ0) is 24.1. The molecule has 2 aromatic heterocycles. The normalized spacial score (nSPS) is 15.4. The average molecular weight is 467 g/mol. The fourth-order valence-corrected chi connectivity index (χ4v) is 4.71. The number of aryl methyl sites for hydroxylation is 3. The summed E-state index contributed by atoms with van der Waals surface area (Å²) < 4.78 is 1.69. The smallest absolute Gasteiger partial charge is 0.272 e. The lowest BCUT2D eigenvalue weighted by molar-refractivity contribution is 0.0718. The number of benzene rings is 2. The first-order valence-electron chi connectivity index (χ1n) is 12.4. The Morgan fingerprint density at radius 1 is 1.03 bits per heavy atom. The van der Waals surface area contributed by atoms with Crippen LogP contribution in [-0.2, 0) is 13.6 Å². The van der Waals surface area contributed by atoms with Crippen LogP contribution in [0.4, 0.5) is 5.82 Å². The van der Waals surface area contributed by atoms with Gasteiger partial charge in [-0.25, -0.2) is 9.97 Å². The highest BCUT2D eigenvalue weighted by atomic mass is 16.2. The van der Waals surface area contributed by atoms with Crippen molar-refractivity contribution in [3.63, 3.8) is 0 Å². The first-order valence-corrected chi connectivity index (χ1v) is 12.4. The third-order valence-corrected chi connectivity index (χ3v) is 6.81. The molecule has 0 radical (unpaired) electrons. The summed E-state index contributed by atoms with van der Waals surface area (Å²) in [4.78, 5) is 24.7. The molecule has 0 spiro atoms. The van der Waals surface area contributed by atoms with Gasteiger partial charge in [-0.1, -0.05) is 24.3 Å². The Morgan fingerprint density at radius 3 is 2.54 bits per heavy atom. The van der Waals surface area contributed by atoms with Crippen LogP contribution >= 0.6 is 0 Å². The summed E-state index contributed by atoms with van der Waals surface area (Å²) in [5, 5.41) is 8.98. The van der Waals surface area contributed by atoms with Gasteiger partial charge in [-0.05, 0) is 80.5 Å². The van der Waals surface area contributed by atoms with E-state index in [2.05, 4.69) is 62.8 Å². The van der Waals surface area contributed by atoms with Crippen LogP contribution in [0.25, 0.3) is 22.0 Å². The van der Waals surface area contributed by atoms with Gasteiger partial charge in [0.15, 0.2) is 0 Å². The van der Waals surface area contributed by atoms with E-state index in [4.69, 9.17) is 0 Å². The minimum atomic E-state index is 0.0509. The highest BCUT2D eigenvalue weighted by Gasteiger charge is 2.34. The molecule has 2 fully saturated rings. The van der Waals surface area contributed by atoms with Gasteiger partial charge < -0.3 is 10.2 Å². The van der Waals surface area contributed by atoms with E-state index in [0.29, 0.717) is 24.3 Å². The van der Waals surface area contributed by atoms with Gasteiger partial charge in [0.2, 0.25) is 0 Å². The predicted molar refractivity (Wildman–Crippen MR) is 137 cm³/mol. The molecule has 178 valence electrons. The van der Waals surface area contributed by atoms with Crippen molar-refractivity contribution in [1.82, 2.24) is 24.6 Å². The van der Waals surface area contributed by atoms with Gasteiger partial charge in [0.1, 0.15) is 17.3 Å². The molecule has 4 aromatic rings. The maximum atomic E-state index is 13.4. The molecule has 35 heavy (non-hydrogen) atoms. The molecule has 7 heteroatoms. The molecule has 0 bridgehead atoms. The Balaban J connectivity index is 1.30. The minimum Gasteiger partial charge on any atom is -0.367 e. The Hall–Kier alpha value is -3.74. The monoisotopic (exact) mass is 466 g/mol. The quantitative estimate of drug-likeness (QED) is 0.414. The summed E-state index contributed by atoms with van der Waals surface area (Å²) in [7, 11) is 1.84. The van der Waals surface area contributed by atoms with Crippen LogP contribution in [0, 0.1) is 13.8 Å². The van der Waals surface area contributed by atoms with Crippen LogP contribution in [0.2, 0.25) is 0 Å². The lowest BCUT2D eigenvalue weighted by Gasteiger charge is -2.23. The van der Waals surface area contributed by atoms with E-state index < -0.39 is 0 Å². The van der Waals surface area contributed by atoms with E-state index in [0.717, 1.165) is 57.8 Å². The summed E-state index contributed by atoms with van der Waals surface area (Å²) in [6, 6.07) is 17.6. The molecule has 2 aliphatic carbocycles. The molecule has 1 N–H and O–H groups in total. The number of carbonyl (C=O) groups excluding carboxylic acids is 1. The molecule has 0 unspecified atom stereocenters. The van der Waals surface area contributed by atoms with Crippen molar-refractivity contribution in [1.29, 1.82) is 0 Å². The predicted octanol–water partition coefficient (Wildman–Crippen LogP) is 5.03. The van der Waals surface area contributed by atoms with Gasteiger partial charge in [0.05, 0.1) is 11.2 Å². The standard InChI is InChI=1S/C28H30N6O/c1-17-13-26(33(3)32-17)28(35)34(23-10-11-23)16-19-5-4-6-20(14-19)21-7-12-25-24(15-21)27(30-18(2)29-25)31-22-8-9-22/h4-7,12-15,22-23H,8-11,16H2,1-3H3,(H,29,30,31). The zero-order valence-electron chi connectivity index (χ0n) is 20.5. The fraction of sp³-hybridized carbons (Fsp3) is 0.357. The summed E-state index contributed by atoms with van der Waals surface area (Å²) in [5.74, 6) is 1.75. The summed E-state index contributed by atoms with van der Waals surface area (Å²) in [6.45, 7) is 4.45. The molecule has 0 saturated heterocycles. The van der Waals surface area contributed by atoms with Crippen LogP contribution in [-0.4, -0.2) is 42.6 Å². The topological polar surface area (TPSA) is 75.9 Å². The maximum absolute atomic E-state index is 13.4. The largest absolute Gasteiger partial charge is 0.367 e. The molecule has 7 nitrogen and oxygen atoms in total. The van der Waals surface area contributed by atoms with Crippen LogP contribution < -0.4 is 5.32 Å². The van der Waals surface area contributed by atoms with E-state index in [1.807, 2.05) is 31.9 Å². The number of amides is 1. The number of nitrogens with zero attached hydrogens (tertiary/aromatic N) is 5. The van der Waals surface area contributed by atoms with Gasteiger partial charge in [-0.15, -0.1) is 0 Å². The van der Waals surface area contributed by atoms with E-state index in [-0.39, 0.29) is 5.91 Å². The van der Waals surface area contributed by atoms with Crippen molar-refractivity contribution in [2.45, 2.75) is 58.2 Å². The Morgan fingerprint density at radius 2 is 1.83 bits per heavy atom. The number of anilines is 1. The van der Waals surface area contributed by atoms with Gasteiger partial charge in [-0.2, -0.15) is 5.10 Å². The van der Waals surface area contributed by atoms with Crippen molar-refractivity contribution < 1.29 is 4.79 Å². The second kappa shape index (κ2) is 8.48. The Bertz CT molecular complexity index is 1430. The third-order valence-electron chi connectivity index (χ3n) is 6.81. The van der Waals surface area contributed by atoms with Gasteiger partial charge in [0.25, 0.3) is 5.91 Å².